The maximum atomic E-state index is 11.9. The van der Waals surface area contributed by atoms with Gasteiger partial charge in [0, 0.05) is 45.3 Å². The van der Waals surface area contributed by atoms with Crippen LogP contribution in [0.5, 0.6) is 5.75 Å². The Balaban J connectivity index is 1.42. The number of nitrogens with zero attached hydrogens (tertiary/aromatic N) is 4. The third-order valence-corrected chi connectivity index (χ3v) is 5.42. The first-order valence-electron chi connectivity index (χ1n) is 9.38. The summed E-state index contributed by atoms with van der Waals surface area (Å²) in [5.74, 6) is 1.19. The monoisotopic (exact) mass is 354 g/mol. The number of methoxy groups -OCH3 is 1. The van der Waals surface area contributed by atoms with E-state index >= 15 is 0 Å². The van der Waals surface area contributed by atoms with Gasteiger partial charge in [-0.05, 0) is 36.6 Å². The molecule has 138 valence electrons. The second kappa shape index (κ2) is 7.50. The van der Waals surface area contributed by atoms with E-state index in [-0.39, 0.29) is 0 Å². The minimum atomic E-state index is 0.302. The minimum Gasteiger partial charge on any atom is -0.497 e. The summed E-state index contributed by atoms with van der Waals surface area (Å²) in [7, 11) is 1.69. The zero-order valence-electron chi connectivity index (χ0n) is 15.3. The van der Waals surface area contributed by atoms with Crippen molar-refractivity contribution in [3.05, 3.63) is 47.8 Å². The summed E-state index contributed by atoms with van der Waals surface area (Å²) >= 11 is 0. The largest absolute Gasteiger partial charge is 0.497 e. The number of hydrogen-bond acceptors (Lipinski definition) is 4. The van der Waals surface area contributed by atoms with Gasteiger partial charge < -0.3 is 9.64 Å². The molecule has 2 aliphatic heterocycles. The Morgan fingerprint density at radius 3 is 2.81 bits per heavy atom. The maximum absolute atomic E-state index is 11.9. The minimum absolute atomic E-state index is 0.302. The van der Waals surface area contributed by atoms with Crippen LogP contribution in [0.3, 0.4) is 0 Å². The predicted octanol–water partition coefficient (Wildman–Crippen LogP) is 2.46. The second-order valence-corrected chi connectivity index (χ2v) is 7.21. The fourth-order valence-electron chi connectivity index (χ4n) is 4.03. The van der Waals surface area contributed by atoms with Gasteiger partial charge in [-0.15, -0.1) is 0 Å². The van der Waals surface area contributed by atoms with E-state index in [2.05, 4.69) is 32.9 Å². The van der Waals surface area contributed by atoms with E-state index in [4.69, 9.17) is 4.74 Å². The number of ether oxygens (including phenoxy) is 1. The molecular weight excluding hydrogens is 328 g/mol. The Hall–Kier alpha value is -2.34. The molecule has 4 rings (SSSR count). The van der Waals surface area contributed by atoms with Crippen LogP contribution in [-0.4, -0.2) is 52.2 Å². The van der Waals surface area contributed by atoms with Crippen LogP contribution in [0, 0.1) is 0 Å². The highest BCUT2D eigenvalue weighted by molar-refractivity contribution is 5.78. The van der Waals surface area contributed by atoms with Crippen LogP contribution in [-0.2, 0) is 17.9 Å². The molecule has 0 unspecified atom stereocenters. The van der Waals surface area contributed by atoms with Gasteiger partial charge in [0.1, 0.15) is 5.75 Å². The number of amides is 1. The van der Waals surface area contributed by atoms with Gasteiger partial charge in [0.05, 0.1) is 18.8 Å². The van der Waals surface area contributed by atoms with E-state index < -0.39 is 0 Å². The van der Waals surface area contributed by atoms with Crippen molar-refractivity contribution in [3.8, 4) is 5.75 Å². The number of fused-ring (bicyclic) bond motifs is 1. The van der Waals surface area contributed by atoms with Crippen molar-refractivity contribution in [2.45, 2.75) is 38.4 Å². The third-order valence-electron chi connectivity index (χ3n) is 5.42. The van der Waals surface area contributed by atoms with Gasteiger partial charge in [-0.3, -0.25) is 14.4 Å². The molecule has 6 nitrogen and oxygen atoms in total. The summed E-state index contributed by atoms with van der Waals surface area (Å²) in [4.78, 5) is 16.4. The molecule has 2 aromatic rings. The molecule has 26 heavy (non-hydrogen) atoms. The molecular formula is C20H26N4O2. The molecule has 0 spiro atoms. The molecule has 1 saturated heterocycles. The van der Waals surface area contributed by atoms with Crippen molar-refractivity contribution in [2.24, 2.45) is 0 Å². The average molecular weight is 354 g/mol. The number of carbonyl (C=O) groups excluding carboxylic acids is 1. The van der Waals surface area contributed by atoms with Crippen molar-refractivity contribution in [1.29, 1.82) is 0 Å². The van der Waals surface area contributed by atoms with Crippen molar-refractivity contribution >= 4 is 5.91 Å². The molecule has 0 aliphatic carbocycles. The van der Waals surface area contributed by atoms with Crippen LogP contribution in [0.15, 0.2) is 36.5 Å². The van der Waals surface area contributed by atoms with Crippen molar-refractivity contribution in [1.82, 2.24) is 19.6 Å². The smallest absolute Gasteiger partial charge is 0.222 e. The average Bonchev–Trinajstić information content (AvgIpc) is 3.29. The summed E-state index contributed by atoms with van der Waals surface area (Å²) < 4.78 is 7.40. The van der Waals surface area contributed by atoms with Crippen molar-refractivity contribution < 1.29 is 9.53 Å². The lowest BCUT2D eigenvalue weighted by Gasteiger charge is -2.34. The molecule has 0 saturated carbocycles. The Morgan fingerprint density at radius 2 is 2.08 bits per heavy atom. The van der Waals surface area contributed by atoms with Gasteiger partial charge in [-0.2, -0.15) is 5.10 Å². The molecule has 2 aliphatic rings. The van der Waals surface area contributed by atoms with E-state index in [1.807, 2.05) is 23.2 Å². The topological polar surface area (TPSA) is 50.6 Å². The lowest BCUT2D eigenvalue weighted by molar-refractivity contribution is -0.127. The van der Waals surface area contributed by atoms with Crippen molar-refractivity contribution in [2.75, 3.05) is 26.7 Å². The van der Waals surface area contributed by atoms with Crippen LogP contribution in [0.2, 0.25) is 0 Å². The van der Waals surface area contributed by atoms with Gasteiger partial charge >= 0.3 is 0 Å². The highest BCUT2D eigenvalue weighted by Gasteiger charge is 2.27. The highest BCUT2D eigenvalue weighted by Crippen LogP contribution is 2.25. The van der Waals surface area contributed by atoms with E-state index in [1.165, 1.54) is 11.3 Å². The standard InChI is InChI=1S/C20H26N4O2/c1-26-19-6-4-16(5-7-19)13-22-14-17-8-10-21-24(17)18(15-22)9-12-23-11-2-3-20(23)25/h4-8,10,18H,2-3,9,11-15H2,1H3/t18-/m1/s1. The van der Waals surface area contributed by atoms with Gasteiger partial charge in [-0.25, -0.2) is 0 Å². The van der Waals surface area contributed by atoms with Crippen LogP contribution in [0.1, 0.15) is 36.6 Å². The van der Waals surface area contributed by atoms with E-state index in [0.717, 1.165) is 51.3 Å². The molecule has 0 N–H and O–H groups in total. The Morgan fingerprint density at radius 1 is 1.23 bits per heavy atom. The molecule has 1 fully saturated rings. The fraction of sp³-hybridized carbons (Fsp3) is 0.500. The summed E-state index contributed by atoms with van der Waals surface area (Å²) in [6.07, 6.45) is 4.56. The normalized spacial score (nSPS) is 20.4. The summed E-state index contributed by atoms with van der Waals surface area (Å²) in [5.41, 5.74) is 2.54. The number of rotatable bonds is 6. The Kier molecular flexibility index (Phi) is 4.93. The van der Waals surface area contributed by atoms with Crippen LogP contribution < -0.4 is 4.74 Å². The molecule has 6 heteroatoms. The summed E-state index contributed by atoms with van der Waals surface area (Å²) in [5, 5.41) is 4.54. The maximum Gasteiger partial charge on any atom is 0.222 e. The van der Waals surface area contributed by atoms with Gasteiger partial charge in [0.15, 0.2) is 0 Å². The molecule has 1 aromatic carbocycles. The molecule has 1 aromatic heterocycles. The first-order chi connectivity index (χ1) is 12.7. The SMILES string of the molecule is COc1ccc(CN2Cc3ccnn3[C@H](CCN3CCCC3=O)C2)cc1. The Bertz CT molecular complexity index is 755. The van der Waals surface area contributed by atoms with E-state index in [9.17, 15) is 4.79 Å². The molecule has 3 heterocycles. The zero-order valence-corrected chi connectivity index (χ0v) is 15.3. The third kappa shape index (κ3) is 3.60. The quantitative estimate of drug-likeness (QED) is 0.800. The molecule has 1 amide bonds. The van der Waals surface area contributed by atoms with Crippen LogP contribution >= 0.6 is 0 Å². The van der Waals surface area contributed by atoms with Gasteiger partial charge in [0.25, 0.3) is 0 Å². The number of aromatic nitrogens is 2. The zero-order chi connectivity index (χ0) is 17.9. The number of hydrogen-bond donors (Lipinski definition) is 0. The van der Waals surface area contributed by atoms with Crippen LogP contribution in [0.4, 0.5) is 0 Å². The summed E-state index contributed by atoms with van der Waals surface area (Å²) in [6.45, 7) is 4.52. The lowest BCUT2D eigenvalue weighted by Crippen LogP contribution is -2.39. The number of benzene rings is 1. The van der Waals surface area contributed by atoms with Gasteiger partial charge in [0.2, 0.25) is 5.91 Å². The fourth-order valence-corrected chi connectivity index (χ4v) is 4.03. The first-order valence-corrected chi connectivity index (χ1v) is 9.38. The lowest BCUT2D eigenvalue weighted by atomic mass is 10.1. The van der Waals surface area contributed by atoms with Crippen LogP contribution in [0.25, 0.3) is 0 Å². The van der Waals surface area contributed by atoms with Gasteiger partial charge in [-0.1, -0.05) is 12.1 Å². The van der Waals surface area contributed by atoms with Crippen molar-refractivity contribution in [3.63, 3.8) is 0 Å². The second-order valence-electron chi connectivity index (χ2n) is 7.21. The summed E-state index contributed by atoms with van der Waals surface area (Å²) in [6, 6.07) is 10.7. The molecule has 0 bridgehead atoms. The Labute approximate surface area is 154 Å². The highest BCUT2D eigenvalue weighted by atomic mass is 16.5. The first kappa shape index (κ1) is 17.1. The van der Waals surface area contributed by atoms with E-state index in [0.29, 0.717) is 18.4 Å². The molecule has 1 atom stereocenters. The molecule has 0 radical (unpaired) electrons. The number of carbonyl (C=O) groups is 1. The van der Waals surface area contributed by atoms with E-state index in [1.54, 1.807) is 7.11 Å². The predicted molar refractivity (Wildman–Crippen MR) is 98.8 cm³/mol. The number of likely N-dealkylation sites (tertiary alicyclic amines) is 1.